The van der Waals surface area contributed by atoms with Gasteiger partial charge in [-0.15, -0.1) is 0 Å². The fourth-order valence-electron chi connectivity index (χ4n) is 2.04. The number of alkyl halides is 9. The molecule has 0 unspecified atom stereocenters. The molecule has 0 bridgehead atoms. The molecular weight excluding hydrogens is 467 g/mol. The molecule has 4 nitrogen and oxygen atoms in total. The number of hydrogen-bond donors (Lipinski definition) is 1. The number of benzene rings is 1. The maximum atomic E-state index is 13.0. The SMILES string of the molecule is O=c1cc(C(F)(F)F)[nH]c(=O)n1-c1cc(C(F)(F)F)c(Br)c(C(F)(F)F)c1. The van der Waals surface area contributed by atoms with Crippen LogP contribution in [0.3, 0.4) is 0 Å². The van der Waals surface area contributed by atoms with Crippen LogP contribution in [0.5, 0.6) is 0 Å². The molecule has 0 fully saturated rings. The Morgan fingerprint density at radius 1 is 0.778 bits per heavy atom. The minimum absolute atomic E-state index is 0.0310. The van der Waals surface area contributed by atoms with Gasteiger partial charge in [0.2, 0.25) is 0 Å². The second-order valence-corrected chi connectivity index (χ2v) is 5.80. The monoisotopic (exact) mass is 470 g/mol. The molecule has 0 atom stereocenters. The van der Waals surface area contributed by atoms with Gasteiger partial charge in [-0.05, 0) is 28.1 Å². The third-order valence-corrected chi connectivity index (χ3v) is 4.02. The van der Waals surface area contributed by atoms with E-state index in [9.17, 15) is 49.1 Å². The van der Waals surface area contributed by atoms with Gasteiger partial charge in [0.15, 0.2) is 0 Å². The van der Waals surface area contributed by atoms with Crippen LogP contribution in [0.4, 0.5) is 39.5 Å². The van der Waals surface area contributed by atoms with Gasteiger partial charge in [0.25, 0.3) is 5.56 Å². The standard InChI is InChI=1S/C13H4BrF9N2O2/c14-9-5(11(15,16)17)1-4(2-6(9)12(18,19)20)25-8(26)3-7(13(21,22)23)24-10(25)27/h1-3H,(H,24,27). The number of halogens is 10. The minimum atomic E-state index is -5.32. The van der Waals surface area contributed by atoms with E-state index in [0.717, 1.165) is 0 Å². The van der Waals surface area contributed by atoms with E-state index in [1.54, 1.807) is 0 Å². The Morgan fingerprint density at radius 2 is 1.22 bits per heavy atom. The smallest absolute Gasteiger partial charge is 0.303 e. The molecule has 27 heavy (non-hydrogen) atoms. The Labute approximate surface area is 150 Å². The van der Waals surface area contributed by atoms with Gasteiger partial charge in [-0.1, -0.05) is 0 Å². The fourth-order valence-corrected chi connectivity index (χ4v) is 2.72. The van der Waals surface area contributed by atoms with Gasteiger partial charge in [0.05, 0.1) is 16.8 Å². The molecule has 0 saturated carbocycles. The molecule has 0 spiro atoms. The van der Waals surface area contributed by atoms with E-state index in [1.165, 1.54) is 4.98 Å². The Morgan fingerprint density at radius 3 is 1.56 bits per heavy atom. The highest BCUT2D eigenvalue weighted by Gasteiger charge is 2.41. The molecular formula is C13H4BrF9N2O2. The van der Waals surface area contributed by atoms with Crippen LogP contribution >= 0.6 is 15.9 Å². The molecule has 0 saturated heterocycles. The number of hydrogen-bond acceptors (Lipinski definition) is 2. The van der Waals surface area contributed by atoms with Crippen LogP contribution in [0, 0.1) is 0 Å². The highest BCUT2D eigenvalue weighted by molar-refractivity contribution is 9.10. The van der Waals surface area contributed by atoms with Crippen molar-refractivity contribution in [1.82, 2.24) is 9.55 Å². The first-order chi connectivity index (χ1) is 12.0. The number of aromatic nitrogens is 2. The average Bonchev–Trinajstić information content (AvgIpc) is 2.44. The highest BCUT2D eigenvalue weighted by atomic mass is 79.9. The van der Waals surface area contributed by atoms with Gasteiger partial charge >= 0.3 is 24.2 Å². The van der Waals surface area contributed by atoms with Crippen molar-refractivity contribution >= 4 is 15.9 Å². The maximum absolute atomic E-state index is 13.0. The number of rotatable bonds is 1. The summed E-state index contributed by atoms with van der Waals surface area (Å²) in [6, 6.07) is -0.101. The number of nitrogens with zero attached hydrogens (tertiary/aromatic N) is 1. The first kappa shape index (κ1) is 21.1. The lowest BCUT2D eigenvalue weighted by molar-refractivity contribution is -0.144. The molecule has 0 amide bonds. The Bertz CT molecular complexity index is 933. The quantitative estimate of drug-likeness (QED) is 0.630. The van der Waals surface area contributed by atoms with Crippen LogP contribution in [-0.4, -0.2) is 9.55 Å². The van der Waals surface area contributed by atoms with Crippen molar-refractivity contribution in [1.29, 1.82) is 0 Å². The molecule has 0 aliphatic rings. The third kappa shape index (κ3) is 4.20. The molecule has 0 radical (unpaired) electrons. The maximum Gasteiger partial charge on any atom is 0.431 e. The zero-order valence-corrected chi connectivity index (χ0v) is 13.9. The summed E-state index contributed by atoms with van der Waals surface area (Å²) in [5.74, 6) is 0. The molecule has 0 aliphatic carbocycles. The number of nitrogens with one attached hydrogen (secondary N) is 1. The lowest BCUT2D eigenvalue weighted by atomic mass is 10.1. The van der Waals surface area contributed by atoms with E-state index < -0.39 is 56.8 Å². The van der Waals surface area contributed by atoms with Crippen molar-refractivity contribution in [2.75, 3.05) is 0 Å². The molecule has 2 aromatic rings. The summed E-state index contributed by atoms with van der Waals surface area (Å²) in [4.78, 5) is 24.7. The van der Waals surface area contributed by atoms with Crippen molar-refractivity contribution in [2.24, 2.45) is 0 Å². The molecule has 14 heteroatoms. The van der Waals surface area contributed by atoms with Crippen LogP contribution < -0.4 is 11.2 Å². The van der Waals surface area contributed by atoms with Gasteiger partial charge in [0, 0.05) is 10.5 Å². The normalized spacial score (nSPS) is 13.1. The van der Waals surface area contributed by atoms with Gasteiger partial charge in [-0.25, -0.2) is 9.36 Å². The summed E-state index contributed by atoms with van der Waals surface area (Å²) in [5, 5.41) is 0. The first-order valence-electron chi connectivity index (χ1n) is 6.45. The summed E-state index contributed by atoms with van der Waals surface area (Å²) in [6.07, 6.45) is -15.8. The van der Waals surface area contributed by atoms with Crippen molar-refractivity contribution < 1.29 is 39.5 Å². The summed E-state index contributed by atoms with van der Waals surface area (Å²) < 4.78 is 114. The van der Waals surface area contributed by atoms with Crippen LogP contribution in [0.25, 0.3) is 5.69 Å². The summed E-state index contributed by atoms with van der Waals surface area (Å²) in [7, 11) is 0. The number of H-pyrrole nitrogens is 1. The van der Waals surface area contributed by atoms with E-state index in [4.69, 9.17) is 0 Å². The topological polar surface area (TPSA) is 54.9 Å². The second-order valence-electron chi connectivity index (χ2n) is 5.01. The van der Waals surface area contributed by atoms with Crippen LogP contribution in [0.15, 0.2) is 32.3 Å². The van der Waals surface area contributed by atoms with Gasteiger partial charge < -0.3 is 4.98 Å². The lowest BCUT2D eigenvalue weighted by Gasteiger charge is -2.17. The molecule has 148 valence electrons. The Balaban J connectivity index is 2.89. The lowest BCUT2D eigenvalue weighted by Crippen LogP contribution is -2.36. The Kier molecular flexibility index (Phi) is 5.01. The third-order valence-electron chi connectivity index (χ3n) is 3.16. The van der Waals surface area contributed by atoms with Crippen LogP contribution in [-0.2, 0) is 18.5 Å². The highest BCUT2D eigenvalue weighted by Crippen LogP contribution is 2.43. The minimum Gasteiger partial charge on any atom is -0.303 e. The summed E-state index contributed by atoms with van der Waals surface area (Å²) >= 11 is 2.17. The van der Waals surface area contributed by atoms with E-state index in [2.05, 4.69) is 15.9 Å². The average molecular weight is 471 g/mol. The predicted molar refractivity (Wildman–Crippen MR) is 75.4 cm³/mol. The fraction of sp³-hybridized carbons (Fsp3) is 0.231. The van der Waals surface area contributed by atoms with Crippen molar-refractivity contribution in [2.45, 2.75) is 18.5 Å². The van der Waals surface area contributed by atoms with Crippen LogP contribution in [0.1, 0.15) is 16.8 Å². The van der Waals surface area contributed by atoms with Crippen molar-refractivity contribution in [3.63, 3.8) is 0 Å². The van der Waals surface area contributed by atoms with Gasteiger partial charge in [-0.2, -0.15) is 39.5 Å². The van der Waals surface area contributed by atoms with Crippen molar-refractivity contribution in [3.8, 4) is 5.69 Å². The van der Waals surface area contributed by atoms with Gasteiger partial charge in [-0.3, -0.25) is 4.79 Å². The van der Waals surface area contributed by atoms with Crippen molar-refractivity contribution in [3.05, 3.63) is 60.3 Å². The van der Waals surface area contributed by atoms with E-state index in [0.29, 0.717) is 0 Å². The van der Waals surface area contributed by atoms with E-state index in [1.807, 2.05) is 0 Å². The molecule has 1 heterocycles. The largest absolute Gasteiger partial charge is 0.431 e. The first-order valence-corrected chi connectivity index (χ1v) is 7.24. The van der Waals surface area contributed by atoms with E-state index in [-0.39, 0.29) is 22.8 Å². The molecule has 1 N–H and O–H groups in total. The zero-order valence-electron chi connectivity index (χ0n) is 12.3. The van der Waals surface area contributed by atoms with Crippen LogP contribution in [0.2, 0.25) is 0 Å². The second kappa shape index (κ2) is 6.42. The molecule has 1 aromatic heterocycles. The zero-order chi connectivity index (χ0) is 20.9. The van der Waals surface area contributed by atoms with Gasteiger partial charge in [0.1, 0.15) is 5.69 Å². The molecule has 2 rings (SSSR count). The Hall–Kier alpha value is -2.25. The molecule has 0 aliphatic heterocycles. The number of aromatic amines is 1. The predicted octanol–water partition coefficient (Wildman–Crippen LogP) is 4.34. The molecule has 1 aromatic carbocycles. The van der Waals surface area contributed by atoms with E-state index >= 15 is 0 Å². The summed E-state index contributed by atoms with van der Waals surface area (Å²) in [5.41, 5.74) is -10.4. The summed E-state index contributed by atoms with van der Waals surface area (Å²) in [6.45, 7) is 0.